The minimum absolute atomic E-state index is 0.636. The van der Waals surface area contributed by atoms with Crippen LogP contribution in [0.25, 0.3) is 10.8 Å². The van der Waals surface area contributed by atoms with Crippen molar-refractivity contribution in [2.24, 2.45) is 0 Å². The number of hydrogen-bond donors (Lipinski definition) is 1. The van der Waals surface area contributed by atoms with Crippen molar-refractivity contribution in [2.75, 3.05) is 13.1 Å². The second kappa shape index (κ2) is 4.27. The zero-order valence-electron chi connectivity index (χ0n) is 10.1. The van der Waals surface area contributed by atoms with E-state index in [-0.39, 0.29) is 0 Å². The number of rotatable bonds is 2. The van der Waals surface area contributed by atoms with Crippen LogP contribution < -0.4 is 5.32 Å². The van der Waals surface area contributed by atoms with Crippen molar-refractivity contribution < 1.29 is 4.42 Å². The maximum Gasteiger partial charge on any atom is 0.162 e. The first-order valence-corrected chi connectivity index (χ1v) is 6.80. The molecule has 4 heteroatoms. The fourth-order valence-corrected chi connectivity index (χ4v) is 3.48. The molecule has 2 aromatic rings. The number of thiazole rings is 1. The predicted octanol–water partition coefficient (Wildman–Crippen LogP) is 3.10. The van der Waals surface area contributed by atoms with E-state index in [1.807, 2.05) is 19.1 Å². The lowest BCUT2D eigenvalue weighted by Gasteiger charge is -2.04. The highest BCUT2D eigenvalue weighted by Crippen LogP contribution is 2.35. The van der Waals surface area contributed by atoms with Crippen LogP contribution in [0.5, 0.6) is 0 Å². The van der Waals surface area contributed by atoms with Crippen LogP contribution >= 0.6 is 11.3 Å². The second-order valence-corrected chi connectivity index (χ2v) is 5.60. The van der Waals surface area contributed by atoms with Gasteiger partial charge in [0.1, 0.15) is 5.76 Å². The van der Waals surface area contributed by atoms with E-state index in [1.54, 1.807) is 11.3 Å². The molecular formula is C13H16N2OS. The van der Waals surface area contributed by atoms with Gasteiger partial charge in [0.2, 0.25) is 0 Å². The van der Waals surface area contributed by atoms with Crippen molar-refractivity contribution in [2.45, 2.75) is 26.2 Å². The van der Waals surface area contributed by atoms with Gasteiger partial charge in [-0.05, 0) is 38.9 Å². The fourth-order valence-electron chi connectivity index (χ4n) is 2.32. The van der Waals surface area contributed by atoms with Crippen molar-refractivity contribution in [3.63, 3.8) is 0 Å². The van der Waals surface area contributed by atoms with E-state index in [0.29, 0.717) is 5.92 Å². The Bertz CT molecular complexity index is 523. The Hall–Kier alpha value is -1.13. The zero-order chi connectivity index (χ0) is 11.8. The number of nitrogens with one attached hydrogen (secondary N) is 1. The van der Waals surface area contributed by atoms with Gasteiger partial charge in [-0.1, -0.05) is 0 Å². The van der Waals surface area contributed by atoms with E-state index >= 15 is 0 Å². The molecule has 0 amide bonds. The Kier molecular flexibility index (Phi) is 2.76. The molecule has 0 bridgehead atoms. The lowest BCUT2D eigenvalue weighted by Crippen LogP contribution is -2.07. The summed E-state index contributed by atoms with van der Waals surface area (Å²) in [5.74, 6) is 2.47. The molecule has 1 N–H and O–H groups in total. The Morgan fingerprint density at radius 2 is 2.29 bits per heavy atom. The van der Waals surface area contributed by atoms with Gasteiger partial charge >= 0.3 is 0 Å². The number of hydrogen-bond acceptors (Lipinski definition) is 4. The van der Waals surface area contributed by atoms with Gasteiger partial charge in [0.05, 0.1) is 5.69 Å². The lowest BCUT2D eigenvalue weighted by atomic mass is 10.1. The van der Waals surface area contributed by atoms with Crippen LogP contribution in [0.1, 0.15) is 28.7 Å². The van der Waals surface area contributed by atoms with Gasteiger partial charge in [-0.25, -0.2) is 4.98 Å². The zero-order valence-corrected chi connectivity index (χ0v) is 10.9. The largest absolute Gasteiger partial charge is 0.459 e. The molecule has 90 valence electrons. The van der Waals surface area contributed by atoms with Gasteiger partial charge in [-0.15, -0.1) is 11.3 Å². The Morgan fingerprint density at radius 1 is 1.41 bits per heavy atom. The van der Waals surface area contributed by atoms with Gasteiger partial charge in [0, 0.05) is 17.3 Å². The topological polar surface area (TPSA) is 38.1 Å². The summed E-state index contributed by atoms with van der Waals surface area (Å²) < 4.78 is 5.63. The molecule has 0 saturated carbocycles. The Morgan fingerprint density at radius 3 is 2.94 bits per heavy atom. The summed E-state index contributed by atoms with van der Waals surface area (Å²) in [4.78, 5) is 6.05. The summed E-state index contributed by atoms with van der Waals surface area (Å²) in [7, 11) is 0. The average molecular weight is 248 g/mol. The van der Waals surface area contributed by atoms with E-state index in [1.165, 1.54) is 11.3 Å². The van der Waals surface area contributed by atoms with Crippen LogP contribution in [0.3, 0.4) is 0 Å². The van der Waals surface area contributed by atoms with Crippen molar-refractivity contribution in [1.82, 2.24) is 10.3 Å². The van der Waals surface area contributed by atoms with Crippen LogP contribution in [0, 0.1) is 13.8 Å². The van der Waals surface area contributed by atoms with E-state index in [2.05, 4.69) is 17.2 Å². The molecule has 3 nitrogen and oxygen atoms in total. The molecule has 1 aliphatic heterocycles. The highest BCUT2D eigenvalue weighted by atomic mass is 32.1. The average Bonchev–Trinajstić information content (AvgIpc) is 2.96. The third-order valence-corrected chi connectivity index (χ3v) is 4.55. The van der Waals surface area contributed by atoms with Crippen LogP contribution in [-0.4, -0.2) is 18.1 Å². The molecule has 2 aromatic heterocycles. The maximum atomic E-state index is 5.63. The molecule has 0 radical (unpaired) electrons. The summed E-state index contributed by atoms with van der Waals surface area (Å²) in [5.41, 5.74) is 1.16. The normalized spacial score (nSPS) is 20.0. The van der Waals surface area contributed by atoms with Gasteiger partial charge < -0.3 is 9.73 Å². The monoisotopic (exact) mass is 248 g/mol. The first-order valence-electron chi connectivity index (χ1n) is 5.99. The van der Waals surface area contributed by atoms with Crippen LogP contribution in [0.15, 0.2) is 16.5 Å². The number of furan rings is 1. The van der Waals surface area contributed by atoms with Crippen molar-refractivity contribution in [3.8, 4) is 10.8 Å². The smallest absolute Gasteiger partial charge is 0.162 e. The van der Waals surface area contributed by atoms with Gasteiger partial charge in [0.15, 0.2) is 10.8 Å². The van der Waals surface area contributed by atoms with Crippen molar-refractivity contribution in [1.29, 1.82) is 0 Å². The molecule has 1 saturated heterocycles. The molecule has 0 spiro atoms. The molecule has 0 aliphatic carbocycles. The standard InChI is InChI=1S/C13H16N2OS/c1-8-3-4-11(16-8)13-15-9(2)12(17-13)10-5-6-14-7-10/h3-4,10,14H,5-7H2,1-2H3. The van der Waals surface area contributed by atoms with Gasteiger partial charge in [0.25, 0.3) is 0 Å². The van der Waals surface area contributed by atoms with E-state index < -0.39 is 0 Å². The maximum absolute atomic E-state index is 5.63. The fraction of sp³-hybridized carbons (Fsp3) is 0.462. The van der Waals surface area contributed by atoms with Crippen LogP contribution in [0.4, 0.5) is 0 Å². The molecule has 17 heavy (non-hydrogen) atoms. The molecule has 1 unspecified atom stereocenters. The number of nitrogens with zero attached hydrogens (tertiary/aromatic N) is 1. The minimum atomic E-state index is 0.636. The highest BCUT2D eigenvalue weighted by Gasteiger charge is 2.22. The van der Waals surface area contributed by atoms with Crippen LogP contribution in [0.2, 0.25) is 0 Å². The third kappa shape index (κ3) is 2.03. The summed E-state index contributed by atoms with van der Waals surface area (Å²) in [6, 6.07) is 3.99. The summed E-state index contributed by atoms with van der Waals surface area (Å²) in [5, 5.41) is 4.42. The Balaban J connectivity index is 1.94. The first-order chi connectivity index (χ1) is 8.24. The summed E-state index contributed by atoms with van der Waals surface area (Å²) in [6.07, 6.45) is 1.22. The molecule has 1 aliphatic rings. The molecule has 3 rings (SSSR count). The second-order valence-electron chi connectivity index (χ2n) is 4.57. The molecule has 0 aromatic carbocycles. The highest BCUT2D eigenvalue weighted by molar-refractivity contribution is 7.15. The molecule has 3 heterocycles. The molecular weight excluding hydrogens is 232 g/mol. The molecule has 1 atom stereocenters. The van der Waals surface area contributed by atoms with Crippen LogP contribution in [-0.2, 0) is 0 Å². The predicted molar refractivity (Wildman–Crippen MR) is 69.5 cm³/mol. The van der Waals surface area contributed by atoms with Crippen molar-refractivity contribution >= 4 is 11.3 Å². The van der Waals surface area contributed by atoms with Gasteiger partial charge in [-0.3, -0.25) is 0 Å². The van der Waals surface area contributed by atoms with Crippen molar-refractivity contribution in [3.05, 3.63) is 28.5 Å². The third-order valence-electron chi connectivity index (χ3n) is 3.21. The minimum Gasteiger partial charge on any atom is -0.459 e. The lowest BCUT2D eigenvalue weighted by molar-refractivity contribution is 0.548. The van der Waals surface area contributed by atoms with E-state index in [4.69, 9.17) is 4.42 Å². The molecule has 1 fully saturated rings. The summed E-state index contributed by atoms with van der Waals surface area (Å²) >= 11 is 1.78. The summed E-state index contributed by atoms with van der Waals surface area (Å²) in [6.45, 7) is 6.27. The number of aromatic nitrogens is 1. The number of aryl methyl sites for hydroxylation is 2. The van der Waals surface area contributed by atoms with Gasteiger partial charge in [-0.2, -0.15) is 0 Å². The quantitative estimate of drug-likeness (QED) is 0.887. The Labute approximate surface area is 105 Å². The van der Waals surface area contributed by atoms with E-state index in [9.17, 15) is 0 Å². The SMILES string of the molecule is Cc1ccc(-c2nc(C)c(C3CCNC3)s2)o1. The first kappa shape index (κ1) is 11.0. The van der Waals surface area contributed by atoms with E-state index in [0.717, 1.165) is 35.3 Å².